The van der Waals surface area contributed by atoms with Gasteiger partial charge in [-0.1, -0.05) is 190 Å². The van der Waals surface area contributed by atoms with Gasteiger partial charge in [-0.25, -0.2) is 0 Å². The number of para-hydroxylation sites is 4. The molecule has 0 saturated heterocycles. The molecule has 2 heterocycles. The van der Waals surface area contributed by atoms with Crippen LogP contribution in [0.15, 0.2) is 259 Å². The average Bonchev–Trinajstić information content (AvgIpc) is 4.07. The molecule has 0 N–H and O–H groups in total. The highest BCUT2D eigenvalue weighted by atomic mass is 16.3. The molecule has 0 aliphatic heterocycles. The van der Waals surface area contributed by atoms with E-state index in [1.54, 1.807) is 0 Å². The van der Waals surface area contributed by atoms with E-state index in [-0.39, 0.29) is 5.41 Å². The van der Waals surface area contributed by atoms with Gasteiger partial charge in [-0.15, -0.1) is 0 Å². The number of hydrogen-bond acceptors (Lipinski definition) is 2. The molecule has 2 aromatic heterocycles. The minimum Gasteiger partial charge on any atom is -0.456 e. The SMILES string of the molecule is CC1(C)c2ccc(-c3ccccc3N(c3ccc(-c4ccccc4)cc3)c3ccc(-c4cccc5oc6ccccc6c45)cc3)cc2-c2ccc(-c3cccc4c3c3ccccc3n4-c3ccccc3)cc21. The normalized spacial score (nSPS) is 12.7. The van der Waals surface area contributed by atoms with Gasteiger partial charge in [-0.05, 0) is 140 Å². The molecule has 0 spiro atoms. The van der Waals surface area contributed by atoms with Crippen molar-refractivity contribution in [1.82, 2.24) is 4.57 Å². The summed E-state index contributed by atoms with van der Waals surface area (Å²) < 4.78 is 8.71. The third kappa shape index (κ3) is 6.58. The smallest absolute Gasteiger partial charge is 0.136 e. The summed E-state index contributed by atoms with van der Waals surface area (Å²) in [4.78, 5) is 2.41. The van der Waals surface area contributed by atoms with E-state index < -0.39 is 0 Å². The summed E-state index contributed by atoms with van der Waals surface area (Å²) in [5, 5.41) is 4.81. The molecule has 3 heteroatoms. The van der Waals surface area contributed by atoms with Crippen LogP contribution >= 0.6 is 0 Å². The summed E-state index contributed by atoms with van der Waals surface area (Å²) in [6.07, 6.45) is 0. The van der Waals surface area contributed by atoms with Gasteiger partial charge in [0, 0.05) is 49.6 Å². The number of nitrogens with zero attached hydrogens (tertiary/aromatic N) is 2. The lowest BCUT2D eigenvalue weighted by atomic mass is 9.81. The second kappa shape index (κ2) is 16.5. The van der Waals surface area contributed by atoms with Crippen molar-refractivity contribution < 1.29 is 4.42 Å². The Kier molecular flexibility index (Phi) is 9.56. The summed E-state index contributed by atoms with van der Waals surface area (Å²) in [7, 11) is 0. The van der Waals surface area contributed by atoms with E-state index in [4.69, 9.17) is 4.42 Å². The van der Waals surface area contributed by atoms with Gasteiger partial charge in [-0.3, -0.25) is 0 Å². The van der Waals surface area contributed by atoms with Crippen LogP contribution < -0.4 is 4.90 Å². The summed E-state index contributed by atoms with van der Waals surface area (Å²) in [6.45, 7) is 4.77. The lowest BCUT2D eigenvalue weighted by Gasteiger charge is -2.28. The summed E-state index contributed by atoms with van der Waals surface area (Å²) >= 11 is 0. The van der Waals surface area contributed by atoms with Gasteiger partial charge in [0.1, 0.15) is 11.2 Å². The summed E-state index contributed by atoms with van der Waals surface area (Å²) in [6, 6.07) is 92.8. The fourth-order valence-electron chi connectivity index (χ4n) is 11.8. The Balaban J connectivity index is 0.878. The van der Waals surface area contributed by atoms with E-state index in [0.29, 0.717) is 0 Å². The van der Waals surface area contributed by atoms with Gasteiger partial charge in [-0.2, -0.15) is 0 Å². The first-order valence-electron chi connectivity index (χ1n) is 24.9. The Hall–Kier alpha value is -9.18. The Morgan fingerprint density at radius 2 is 0.903 bits per heavy atom. The first-order valence-corrected chi connectivity index (χ1v) is 24.9. The molecule has 0 amide bonds. The topological polar surface area (TPSA) is 21.3 Å². The highest BCUT2D eigenvalue weighted by Gasteiger charge is 2.36. The molecule has 13 aromatic rings. The largest absolute Gasteiger partial charge is 0.456 e. The molecule has 0 bridgehead atoms. The predicted octanol–water partition coefficient (Wildman–Crippen LogP) is 19.1. The van der Waals surface area contributed by atoms with Gasteiger partial charge < -0.3 is 13.9 Å². The molecule has 0 unspecified atom stereocenters. The van der Waals surface area contributed by atoms with Crippen LogP contribution in [0.1, 0.15) is 25.0 Å². The molecule has 0 fully saturated rings. The van der Waals surface area contributed by atoms with Crippen LogP contribution in [0.4, 0.5) is 17.1 Å². The number of fused-ring (bicyclic) bond motifs is 9. The van der Waals surface area contributed by atoms with E-state index in [0.717, 1.165) is 55.7 Å². The highest BCUT2D eigenvalue weighted by Crippen LogP contribution is 2.52. The standard InChI is InChI=1S/C69H48N2O/c1-69(2)60-42-36-48(43-59(60)56-41-35-49(44-61(56)69)55-24-15-28-64-67(55)57-22-10-13-27-63(57)71(64)50-19-7-4-8-20-50)53-21-9-12-26-62(53)70(51-37-31-46(32-38-51)45-17-5-3-6-18-45)52-39-33-47(34-40-52)54-25-16-30-66-68(54)58-23-11-14-29-65(58)72-66/h3-44H,1-2H3. The molecule has 11 aromatic carbocycles. The van der Waals surface area contributed by atoms with Crippen molar-refractivity contribution in [3.05, 3.63) is 266 Å². The van der Waals surface area contributed by atoms with Crippen LogP contribution in [-0.2, 0) is 5.41 Å². The summed E-state index contributed by atoms with van der Waals surface area (Å²) in [5.41, 5.74) is 23.2. The summed E-state index contributed by atoms with van der Waals surface area (Å²) in [5.74, 6) is 0. The number of anilines is 3. The van der Waals surface area contributed by atoms with E-state index in [9.17, 15) is 0 Å². The Morgan fingerprint density at radius 1 is 0.347 bits per heavy atom. The molecule has 0 saturated carbocycles. The zero-order valence-corrected chi connectivity index (χ0v) is 40.1. The molecule has 72 heavy (non-hydrogen) atoms. The van der Waals surface area contributed by atoms with Crippen LogP contribution in [0.3, 0.4) is 0 Å². The van der Waals surface area contributed by atoms with Gasteiger partial charge in [0.15, 0.2) is 0 Å². The number of aromatic nitrogens is 1. The van der Waals surface area contributed by atoms with Crippen molar-refractivity contribution in [3.8, 4) is 61.3 Å². The monoisotopic (exact) mass is 920 g/mol. The van der Waals surface area contributed by atoms with E-state index in [2.05, 4.69) is 266 Å². The number of furan rings is 1. The molecule has 340 valence electrons. The first-order chi connectivity index (χ1) is 35.5. The van der Waals surface area contributed by atoms with Gasteiger partial charge >= 0.3 is 0 Å². The highest BCUT2D eigenvalue weighted by molar-refractivity contribution is 6.16. The third-order valence-electron chi connectivity index (χ3n) is 15.2. The second-order valence-corrected chi connectivity index (χ2v) is 19.6. The van der Waals surface area contributed by atoms with Crippen molar-refractivity contribution >= 4 is 60.8 Å². The van der Waals surface area contributed by atoms with Crippen molar-refractivity contribution in [2.45, 2.75) is 19.3 Å². The van der Waals surface area contributed by atoms with Crippen LogP contribution in [0.5, 0.6) is 0 Å². The third-order valence-corrected chi connectivity index (χ3v) is 15.2. The lowest BCUT2D eigenvalue weighted by molar-refractivity contribution is 0.660. The lowest BCUT2D eigenvalue weighted by Crippen LogP contribution is -2.15. The maximum absolute atomic E-state index is 6.30. The van der Waals surface area contributed by atoms with Crippen molar-refractivity contribution in [3.63, 3.8) is 0 Å². The van der Waals surface area contributed by atoms with Gasteiger partial charge in [0.2, 0.25) is 0 Å². The van der Waals surface area contributed by atoms with Crippen molar-refractivity contribution in [2.75, 3.05) is 4.90 Å². The first kappa shape index (κ1) is 41.8. The molecule has 0 radical (unpaired) electrons. The molecule has 3 nitrogen and oxygen atoms in total. The maximum atomic E-state index is 6.30. The van der Waals surface area contributed by atoms with Gasteiger partial charge in [0.25, 0.3) is 0 Å². The molecule has 1 aliphatic carbocycles. The molecule has 14 rings (SSSR count). The zero-order valence-electron chi connectivity index (χ0n) is 40.1. The van der Waals surface area contributed by atoms with Crippen LogP contribution in [-0.4, -0.2) is 4.57 Å². The van der Waals surface area contributed by atoms with E-state index in [1.165, 1.54) is 77.6 Å². The minimum atomic E-state index is -0.202. The number of benzene rings is 11. The predicted molar refractivity (Wildman–Crippen MR) is 302 cm³/mol. The molecule has 0 atom stereocenters. The average molecular weight is 921 g/mol. The fourth-order valence-corrected chi connectivity index (χ4v) is 11.8. The van der Waals surface area contributed by atoms with Crippen molar-refractivity contribution in [1.29, 1.82) is 0 Å². The van der Waals surface area contributed by atoms with E-state index >= 15 is 0 Å². The maximum Gasteiger partial charge on any atom is 0.136 e. The molecule has 1 aliphatic rings. The van der Waals surface area contributed by atoms with Crippen LogP contribution in [0, 0.1) is 0 Å². The Morgan fingerprint density at radius 3 is 1.69 bits per heavy atom. The van der Waals surface area contributed by atoms with E-state index in [1.807, 2.05) is 12.1 Å². The zero-order chi connectivity index (χ0) is 47.9. The Labute approximate surface area is 419 Å². The fraction of sp³-hybridized carbons (Fsp3) is 0.0435. The van der Waals surface area contributed by atoms with Gasteiger partial charge in [0.05, 0.1) is 16.7 Å². The number of rotatable bonds is 8. The minimum absolute atomic E-state index is 0.202. The molecular formula is C69H48N2O. The van der Waals surface area contributed by atoms with Crippen LogP contribution in [0.2, 0.25) is 0 Å². The Bertz CT molecular complexity index is 4220. The number of hydrogen-bond donors (Lipinski definition) is 0. The second-order valence-electron chi connectivity index (χ2n) is 19.6. The van der Waals surface area contributed by atoms with Crippen molar-refractivity contribution in [2.24, 2.45) is 0 Å². The molecular weight excluding hydrogens is 873 g/mol. The van der Waals surface area contributed by atoms with Crippen LogP contribution in [0.25, 0.3) is 105 Å². The quantitative estimate of drug-likeness (QED) is 0.151.